The molecule has 0 aromatic carbocycles. The molecule has 144 valence electrons. The van der Waals surface area contributed by atoms with Crippen LogP contribution in [-0.2, 0) is 4.79 Å². The standard InChI is InChI=1S/C19H19FN6O2/c20-12-6-7-25(10-12)16-5-4-13(8-23-16)22-9-14-15(21)11-26(19(14)28)17-2-1-3-18(27)24-17/h1-5,8-9,12H,6-7,10-11,21H2,(H,24,27)/t12-/m0/s1. The number of nitrogens with two attached hydrogens (primary N) is 1. The zero-order chi connectivity index (χ0) is 19.7. The maximum absolute atomic E-state index is 13.3. The van der Waals surface area contributed by atoms with Gasteiger partial charge in [0.05, 0.1) is 30.5 Å². The molecule has 8 nitrogen and oxygen atoms in total. The summed E-state index contributed by atoms with van der Waals surface area (Å²) < 4.78 is 13.3. The quantitative estimate of drug-likeness (QED) is 0.775. The Kier molecular flexibility index (Phi) is 4.64. The molecule has 28 heavy (non-hydrogen) atoms. The number of carbonyl (C=O) groups is 1. The van der Waals surface area contributed by atoms with Crippen LogP contribution >= 0.6 is 0 Å². The fraction of sp³-hybridized carbons (Fsp3) is 0.263. The predicted octanol–water partition coefficient (Wildman–Crippen LogP) is 1.28. The van der Waals surface area contributed by atoms with E-state index in [0.717, 1.165) is 0 Å². The van der Waals surface area contributed by atoms with Gasteiger partial charge >= 0.3 is 0 Å². The van der Waals surface area contributed by atoms with Crippen molar-refractivity contribution in [3.8, 4) is 0 Å². The first-order valence-electron chi connectivity index (χ1n) is 8.90. The molecule has 1 saturated heterocycles. The van der Waals surface area contributed by atoms with E-state index in [-0.39, 0.29) is 23.6 Å². The van der Waals surface area contributed by atoms with Crippen molar-refractivity contribution in [1.29, 1.82) is 0 Å². The van der Waals surface area contributed by atoms with Crippen LogP contribution in [0.4, 0.5) is 21.7 Å². The van der Waals surface area contributed by atoms with Gasteiger partial charge in [-0.3, -0.25) is 19.5 Å². The molecular formula is C19H19FN6O2. The number of anilines is 2. The molecule has 4 rings (SSSR count). The number of nitrogens with zero attached hydrogens (tertiary/aromatic N) is 4. The van der Waals surface area contributed by atoms with Gasteiger partial charge in [0.1, 0.15) is 17.8 Å². The second-order valence-corrected chi connectivity index (χ2v) is 6.70. The fourth-order valence-corrected chi connectivity index (χ4v) is 3.24. The first-order chi connectivity index (χ1) is 13.5. The minimum Gasteiger partial charge on any atom is -0.400 e. The highest BCUT2D eigenvalue weighted by molar-refractivity contribution is 6.21. The molecule has 2 aromatic rings. The molecular weight excluding hydrogens is 363 g/mol. The van der Waals surface area contributed by atoms with E-state index in [0.29, 0.717) is 42.5 Å². The smallest absolute Gasteiger partial charge is 0.263 e. The molecule has 1 amide bonds. The predicted molar refractivity (Wildman–Crippen MR) is 105 cm³/mol. The van der Waals surface area contributed by atoms with Crippen molar-refractivity contribution in [2.75, 3.05) is 29.4 Å². The Morgan fingerprint density at radius 2 is 2.14 bits per heavy atom. The van der Waals surface area contributed by atoms with Crippen molar-refractivity contribution < 1.29 is 9.18 Å². The largest absolute Gasteiger partial charge is 0.400 e. The van der Waals surface area contributed by atoms with Gasteiger partial charge in [-0.25, -0.2) is 9.37 Å². The van der Waals surface area contributed by atoms with E-state index < -0.39 is 6.17 Å². The number of H-pyrrole nitrogens is 1. The summed E-state index contributed by atoms with van der Waals surface area (Å²) in [5.41, 5.74) is 6.89. The summed E-state index contributed by atoms with van der Waals surface area (Å²) in [7, 11) is 0. The van der Waals surface area contributed by atoms with E-state index in [1.54, 1.807) is 30.5 Å². The number of rotatable bonds is 4. The molecule has 1 fully saturated rings. The Hall–Kier alpha value is -3.49. The zero-order valence-electron chi connectivity index (χ0n) is 15.0. The number of carbonyl (C=O) groups excluding carboxylic acids is 1. The van der Waals surface area contributed by atoms with E-state index in [2.05, 4.69) is 15.0 Å². The molecule has 9 heteroatoms. The summed E-state index contributed by atoms with van der Waals surface area (Å²) in [6.45, 7) is 1.17. The molecule has 0 radical (unpaired) electrons. The molecule has 2 aromatic heterocycles. The summed E-state index contributed by atoms with van der Waals surface area (Å²) in [6, 6.07) is 8.11. The van der Waals surface area contributed by atoms with Crippen LogP contribution in [0.2, 0.25) is 0 Å². The first kappa shape index (κ1) is 17.9. The number of halogens is 1. The van der Waals surface area contributed by atoms with Gasteiger partial charge in [-0.2, -0.15) is 0 Å². The normalized spacial score (nSPS) is 20.0. The van der Waals surface area contributed by atoms with Crippen LogP contribution in [-0.4, -0.2) is 47.9 Å². The van der Waals surface area contributed by atoms with E-state index in [1.807, 2.05) is 4.90 Å². The lowest BCUT2D eigenvalue weighted by Crippen LogP contribution is -2.29. The molecule has 0 spiro atoms. The Morgan fingerprint density at radius 3 is 2.82 bits per heavy atom. The number of aliphatic imine (C=N–C) groups is 1. The first-order valence-corrected chi connectivity index (χ1v) is 8.90. The number of aromatic nitrogens is 2. The Labute approximate surface area is 160 Å². The summed E-state index contributed by atoms with van der Waals surface area (Å²) >= 11 is 0. The molecule has 4 heterocycles. The van der Waals surface area contributed by atoms with Crippen LogP contribution < -0.4 is 21.1 Å². The van der Waals surface area contributed by atoms with Crippen molar-refractivity contribution in [3.05, 3.63) is 58.2 Å². The van der Waals surface area contributed by atoms with Crippen molar-refractivity contribution in [1.82, 2.24) is 9.97 Å². The molecule has 2 aliphatic rings. The molecule has 2 aliphatic heterocycles. The van der Waals surface area contributed by atoms with Crippen LogP contribution in [0.15, 0.2) is 57.6 Å². The van der Waals surface area contributed by atoms with Gasteiger partial charge in [0.15, 0.2) is 0 Å². The summed E-state index contributed by atoms with van der Waals surface area (Å²) in [4.78, 5) is 38.6. The van der Waals surface area contributed by atoms with Crippen molar-refractivity contribution in [3.63, 3.8) is 0 Å². The lowest BCUT2D eigenvalue weighted by atomic mass is 10.2. The SMILES string of the molecule is NC1=C(C=Nc2ccc(N3CC[C@H](F)C3)nc2)C(=O)N(c2cccc(=O)[nH]2)C1. The van der Waals surface area contributed by atoms with Gasteiger partial charge in [-0.15, -0.1) is 0 Å². The Morgan fingerprint density at radius 1 is 1.29 bits per heavy atom. The van der Waals surface area contributed by atoms with Crippen molar-refractivity contribution in [2.24, 2.45) is 10.7 Å². The second-order valence-electron chi connectivity index (χ2n) is 6.70. The van der Waals surface area contributed by atoms with Crippen LogP contribution in [0.5, 0.6) is 0 Å². The maximum atomic E-state index is 13.3. The number of aromatic amines is 1. The third kappa shape index (κ3) is 3.51. The number of hydrogen-bond donors (Lipinski definition) is 2. The molecule has 1 atom stereocenters. The Balaban J connectivity index is 1.47. The number of amides is 1. The summed E-state index contributed by atoms with van der Waals surface area (Å²) in [5, 5.41) is 0. The summed E-state index contributed by atoms with van der Waals surface area (Å²) in [6.07, 6.45) is 2.67. The van der Waals surface area contributed by atoms with Crippen molar-refractivity contribution in [2.45, 2.75) is 12.6 Å². The zero-order valence-corrected chi connectivity index (χ0v) is 15.0. The number of alkyl halides is 1. The minimum atomic E-state index is -0.815. The second kappa shape index (κ2) is 7.26. The number of nitrogens with one attached hydrogen (secondary N) is 1. The third-order valence-electron chi connectivity index (χ3n) is 4.72. The van der Waals surface area contributed by atoms with E-state index in [4.69, 9.17) is 5.73 Å². The summed E-state index contributed by atoms with van der Waals surface area (Å²) in [5.74, 6) is 0.749. The highest BCUT2D eigenvalue weighted by atomic mass is 19.1. The van der Waals surface area contributed by atoms with E-state index in [1.165, 1.54) is 17.2 Å². The van der Waals surface area contributed by atoms with Gasteiger partial charge in [-0.05, 0) is 24.6 Å². The Bertz CT molecular complexity index is 1010. The fourth-order valence-electron chi connectivity index (χ4n) is 3.24. The minimum absolute atomic E-state index is 0.177. The molecule has 3 N–H and O–H groups in total. The average Bonchev–Trinajstić information content (AvgIpc) is 3.24. The molecule has 0 bridgehead atoms. The van der Waals surface area contributed by atoms with Gasteiger partial charge in [-0.1, -0.05) is 6.07 Å². The third-order valence-corrected chi connectivity index (χ3v) is 4.72. The lowest BCUT2D eigenvalue weighted by Gasteiger charge is -2.15. The number of pyridine rings is 2. The van der Waals surface area contributed by atoms with Gasteiger partial charge in [0.2, 0.25) is 5.56 Å². The van der Waals surface area contributed by atoms with Crippen LogP contribution in [0.1, 0.15) is 6.42 Å². The molecule has 0 aliphatic carbocycles. The maximum Gasteiger partial charge on any atom is 0.263 e. The van der Waals surface area contributed by atoms with Crippen LogP contribution in [0.3, 0.4) is 0 Å². The number of hydrogen-bond acceptors (Lipinski definition) is 6. The van der Waals surface area contributed by atoms with E-state index in [9.17, 15) is 14.0 Å². The average molecular weight is 382 g/mol. The highest BCUT2D eigenvalue weighted by Crippen LogP contribution is 2.23. The highest BCUT2D eigenvalue weighted by Gasteiger charge is 2.29. The van der Waals surface area contributed by atoms with Crippen molar-refractivity contribution >= 4 is 29.4 Å². The molecule has 0 saturated carbocycles. The van der Waals surface area contributed by atoms with Crippen LogP contribution in [0.25, 0.3) is 0 Å². The van der Waals surface area contributed by atoms with Gasteiger partial charge in [0.25, 0.3) is 5.91 Å². The topological polar surface area (TPSA) is 108 Å². The lowest BCUT2D eigenvalue weighted by molar-refractivity contribution is -0.114. The van der Waals surface area contributed by atoms with E-state index >= 15 is 0 Å². The van der Waals surface area contributed by atoms with Gasteiger partial charge < -0.3 is 15.6 Å². The monoisotopic (exact) mass is 382 g/mol. The van der Waals surface area contributed by atoms with Gasteiger partial charge in [0, 0.05) is 24.5 Å². The van der Waals surface area contributed by atoms with Crippen LogP contribution in [0, 0.1) is 0 Å². The molecule has 0 unspecified atom stereocenters.